The van der Waals surface area contributed by atoms with E-state index in [4.69, 9.17) is 16.3 Å². The minimum Gasteiger partial charge on any atom is -0.492 e. The summed E-state index contributed by atoms with van der Waals surface area (Å²) in [6.45, 7) is 2.59. The second kappa shape index (κ2) is 6.18. The van der Waals surface area contributed by atoms with Crippen molar-refractivity contribution in [2.45, 2.75) is 13.0 Å². The molecule has 0 aliphatic heterocycles. The molecular formula is C13H15ClN2OS. The molecule has 2 aromatic rings. The van der Waals surface area contributed by atoms with Crippen LogP contribution in [-0.4, -0.2) is 18.6 Å². The molecule has 0 radical (unpaired) electrons. The predicted molar refractivity (Wildman–Crippen MR) is 75.6 cm³/mol. The maximum Gasteiger partial charge on any atom is 0.137 e. The van der Waals surface area contributed by atoms with E-state index in [0.717, 1.165) is 21.2 Å². The number of nitrogens with one attached hydrogen (secondary N) is 1. The molecule has 0 saturated heterocycles. The highest BCUT2D eigenvalue weighted by Crippen LogP contribution is 2.33. The molecule has 5 heteroatoms. The molecule has 0 fully saturated rings. The van der Waals surface area contributed by atoms with Gasteiger partial charge in [0.1, 0.15) is 5.75 Å². The number of halogens is 1. The molecule has 2 heterocycles. The van der Waals surface area contributed by atoms with Crippen molar-refractivity contribution in [1.82, 2.24) is 10.3 Å². The molecule has 96 valence electrons. The molecule has 0 bridgehead atoms. The third kappa shape index (κ3) is 2.83. The average Bonchev–Trinajstić information content (AvgIpc) is 2.78. The van der Waals surface area contributed by atoms with Crippen molar-refractivity contribution >= 4 is 22.9 Å². The molecule has 18 heavy (non-hydrogen) atoms. The van der Waals surface area contributed by atoms with Gasteiger partial charge in [0.25, 0.3) is 0 Å². The number of aromatic nitrogens is 1. The van der Waals surface area contributed by atoms with E-state index < -0.39 is 0 Å². The molecule has 1 atom stereocenters. The molecule has 0 amide bonds. The number of thiophene rings is 1. The van der Waals surface area contributed by atoms with Gasteiger partial charge in [-0.2, -0.15) is 0 Å². The van der Waals surface area contributed by atoms with E-state index in [2.05, 4.69) is 10.3 Å². The second-order valence-electron chi connectivity index (χ2n) is 3.74. The average molecular weight is 283 g/mol. The Balaban J connectivity index is 2.33. The SMILES string of the molecule is CCOc1cncc(C(NC)c2sccc2Cl)c1. The Labute approximate surface area is 116 Å². The highest BCUT2D eigenvalue weighted by atomic mass is 35.5. The van der Waals surface area contributed by atoms with E-state index in [1.807, 2.05) is 37.7 Å². The lowest BCUT2D eigenvalue weighted by molar-refractivity contribution is 0.338. The van der Waals surface area contributed by atoms with Crippen molar-refractivity contribution in [3.63, 3.8) is 0 Å². The highest BCUT2D eigenvalue weighted by molar-refractivity contribution is 7.10. The van der Waals surface area contributed by atoms with Crippen LogP contribution in [-0.2, 0) is 0 Å². The number of pyridine rings is 1. The van der Waals surface area contributed by atoms with Crippen LogP contribution in [0.1, 0.15) is 23.4 Å². The molecular weight excluding hydrogens is 268 g/mol. The summed E-state index contributed by atoms with van der Waals surface area (Å²) in [6.07, 6.45) is 3.55. The van der Waals surface area contributed by atoms with Crippen LogP contribution in [0.3, 0.4) is 0 Å². The molecule has 3 nitrogen and oxygen atoms in total. The Kier molecular flexibility index (Phi) is 4.58. The summed E-state index contributed by atoms with van der Waals surface area (Å²) in [6, 6.07) is 3.95. The van der Waals surface area contributed by atoms with Crippen molar-refractivity contribution in [1.29, 1.82) is 0 Å². The first-order valence-electron chi connectivity index (χ1n) is 5.74. The quantitative estimate of drug-likeness (QED) is 0.911. The molecule has 0 saturated carbocycles. The number of rotatable bonds is 5. The molecule has 0 aliphatic rings. The first kappa shape index (κ1) is 13.3. The Morgan fingerprint density at radius 1 is 1.50 bits per heavy atom. The molecule has 0 spiro atoms. The fraction of sp³-hybridized carbons (Fsp3) is 0.308. The van der Waals surface area contributed by atoms with Crippen LogP contribution in [0.5, 0.6) is 5.75 Å². The van der Waals surface area contributed by atoms with Gasteiger partial charge in [-0.1, -0.05) is 11.6 Å². The third-order valence-electron chi connectivity index (χ3n) is 2.57. The largest absolute Gasteiger partial charge is 0.492 e. The number of ether oxygens (including phenoxy) is 1. The van der Waals surface area contributed by atoms with Crippen molar-refractivity contribution in [3.05, 3.63) is 45.4 Å². The third-order valence-corrected chi connectivity index (χ3v) is 4.00. The molecule has 0 aliphatic carbocycles. The van der Waals surface area contributed by atoms with Crippen LogP contribution in [0.15, 0.2) is 29.9 Å². The Hall–Kier alpha value is -1.10. The maximum atomic E-state index is 6.18. The van der Waals surface area contributed by atoms with Crippen LogP contribution >= 0.6 is 22.9 Å². The fourth-order valence-electron chi connectivity index (χ4n) is 1.80. The standard InChI is InChI=1S/C13H15ClN2OS/c1-3-17-10-6-9(7-16-8-10)12(15-2)13-11(14)4-5-18-13/h4-8,12,15H,3H2,1-2H3. The van der Waals surface area contributed by atoms with Crippen LogP contribution in [0.2, 0.25) is 5.02 Å². The van der Waals surface area contributed by atoms with Gasteiger partial charge < -0.3 is 10.1 Å². The zero-order valence-electron chi connectivity index (χ0n) is 10.3. The summed E-state index contributed by atoms with van der Waals surface area (Å²) >= 11 is 7.82. The van der Waals surface area contributed by atoms with E-state index >= 15 is 0 Å². The van der Waals surface area contributed by atoms with Gasteiger partial charge in [0.15, 0.2) is 0 Å². The topological polar surface area (TPSA) is 34.1 Å². The Morgan fingerprint density at radius 2 is 2.33 bits per heavy atom. The number of hydrogen-bond donors (Lipinski definition) is 1. The van der Waals surface area contributed by atoms with Crippen LogP contribution in [0, 0.1) is 0 Å². The molecule has 0 aromatic carbocycles. The van der Waals surface area contributed by atoms with Crippen LogP contribution < -0.4 is 10.1 Å². The van der Waals surface area contributed by atoms with E-state index in [0.29, 0.717) is 6.61 Å². The van der Waals surface area contributed by atoms with Crippen molar-refractivity contribution in [2.75, 3.05) is 13.7 Å². The fourth-order valence-corrected chi connectivity index (χ4v) is 3.10. The van der Waals surface area contributed by atoms with Crippen molar-refractivity contribution < 1.29 is 4.74 Å². The summed E-state index contributed by atoms with van der Waals surface area (Å²) < 4.78 is 5.47. The molecule has 2 aromatic heterocycles. The van der Waals surface area contributed by atoms with E-state index in [-0.39, 0.29) is 6.04 Å². The first-order chi connectivity index (χ1) is 8.76. The zero-order chi connectivity index (χ0) is 13.0. The van der Waals surface area contributed by atoms with Gasteiger partial charge in [-0.05, 0) is 37.0 Å². The van der Waals surface area contributed by atoms with Crippen LogP contribution in [0.4, 0.5) is 0 Å². The smallest absolute Gasteiger partial charge is 0.137 e. The zero-order valence-corrected chi connectivity index (χ0v) is 11.9. The normalized spacial score (nSPS) is 12.4. The predicted octanol–water partition coefficient (Wildman–Crippen LogP) is 3.50. The molecule has 1 N–H and O–H groups in total. The van der Waals surface area contributed by atoms with E-state index in [1.165, 1.54) is 0 Å². The highest BCUT2D eigenvalue weighted by Gasteiger charge is 2.17. The number of hydrogen-bond acceptors (Lipinski definition) is 4. The number of nitrogens with zero attached hydrogens (tertiary/aromatic N) is 1. The van der Waals surface area contributed by atoms with Gasteiger partial charge in [-0.15, -0.1) is 11.3 Å². The summed E-state index contributed by atoms with van der Waals surface area (Å²) in [7, 11) is 1.91. The van der Waals surface area contributed by atoms with Gasteiger partial charge in [0.2, 0.25) is 0 Å². The summed E-state index contributed by atoms with van der Waals surface area (Å²) in [5.41, 5.74) is 1.05. The summed E-state index contributed by atoms with van der Waals surface area (Å²) in [5, 5.41) is 6.03. The lowest BCUT2D eigenvalue weighted by Gasteiger charge is -2.16. The van der Waals surface area contributed by atoms with E-state index in [9.17, 15) is 0 Å². The lowest BCUT2D eigenvalue weighted by Crippen LogP contribution is -2.17. The monoisotopic (exact) mass is 282 g/mol. The van der Waals surface area contributed by atoms with Gasteiger partial charge in [-0.3, -0.25) is 4.98 Å². The van der Waals surface area contributed by atoms with Gasteiger partial charge >= 0.3 is 0 Å². The summed E-state index contributed by atoms with van der Waals surface area (Å²) in [5.74, 6) is 0.780. The second-order valence-corrected chi connectivity index (χ2v) is 5.10. The minimum absolute atomic E-state index is 0.0467. The Bertz CT molecular complexity index is 515. The van der Waals surface area contributed by atoms with Gasteiger partial charge in [0.05, 0.1) is 23.9 Å². The van der Waals surface area contributed by atoms with Crippen molar-refractivity contribution in [3.8, 4) is 5.75 Å². The van der Waals surface area contributed by atoms with E-state index in [1.54, 1.807) is 17.5 Å². The van der Waals surface area contributed by atoms with Crippen molar-refractivity contribution in [2.24, 2.45) is 0 Å². The Morgan fingerprint density at radius 3 is 2.94 bits per heavy atom. The lowest BCUT2D eigenvalue weighted by atomic mass is 10.1. The molecule has 2 rings (SSSR count). The van der Waals surface area contributed by atoms with Gasteiger partial charge in [-0.25, -0.2) is 0 Å². The van der Waals surface area contributed by atoms with Crippen LogP contribution in [0.25, 0.3) is 0 Å². The van der Waals surface area contributed by atoms with Gasteiger partial charge in [0, 0.05) is 11.1 Å². The molecule has 1 unspecified atom stereocenters. The summed E-state index contributed by atoms with van der Waals surface area (Å²) in [4.78, 5) is 5.30. The maximum absolute atomic E-state index is 6.18. The minimum atomic E-state index is 0.0467. The first-order valence-corrected chi connectivity index (χ1v) is 7.00.